The lowest BCUT2D eigenvalue weighted by Crippen LogP contribution is -3.24. The van der Waals surface area contributed by atoms with Gasteiger partial charge in [-0.2, -0.15) is 0 Å². The minimum absolute atomic E-state index is 1.25. The van der Waals surface area contributed by atoms with Crippen molar-refractivity contribution in [2.24, 2.45) is 0 Å². The summed E-state index contributed by atoms with van der Waals surface area (Å²) in [6.07, 6.45) is -5.57. The fourth-order valence-electron chi connectivity index (χ4n) is 27.5. The van der Waals surface area contributed by atoms with Gasteiger partial charge in [0, 0.05) is 125 Å². The fraction of sp³-hybridized carbons (Fsp3) is 0.739. The van der Waals surface area contributed by atoms with Crippen LogP contribution in [0.4, 0.5) is 0 Å². The molecule has 0 saturated carbocycles. The maximum Gasteiger partial charge on any atom is 0.0664 e. The van der Waals surface area contributed by atoms with Gasteiger partial charge >= 0.3 is 0 Å². The first-order chi connectivity index (χ1) is 28.7. The van der Waals surface area contributed by atoms with Crippen molar-refractivity contribution >= 4 is 151 Å². The largest absolute Gasteiger partial charge is 0.0739 e. The van der Waals surface area contributed by atoms with E-state index in [4.69, 9.17) is 0 Å². The highest BCUT2D eigenvalue weighted by Crippen LogP contribution is 2.69. The lowest BCUT2D eigenvalue weighted by Gasteiger charge is -2.92. The van der Waals surface area contributed by atoms with Crippen LogP contribution in [0.3, 0.4) is 0 Å². The summed E-state index contributed by atoms with van der Waals surface area (Å²) in [7, 11) is -21.8. The predicted octanol–water partition coefficient (Wildman–Crippen LogP) is 14.0. The van der Waals surface area contributed by atoms with Gasteiger partial charge in [0.1, 0.15) is 0 Å². The lowest BCUT2D eigenvalue weighted by atomic mass is 10.4. The summed E-state index contributed by atoms with van der Waals surface area (Å²) in [5, 5.41) is 3.75. The van der Waals surface area contributed by atoms with Crippen molar-refractivity contribution in [3.8, 4) is 0 Å². The smallest absolute Gasteiger partial charge is 0.0664 e. The lowest BCUT2D eigenvalue weighted by molar-refractivity contribution is 1.70. The Balaban J connectivity index is 0.000000247. The molecule has 8 rings (SSSR count). The normalized spacial score (nSPS) is 35.3. The second-order valence-corrected chi connectivity index (χ2v) is 291. The topological polar surface area (TPSA) is 0 Å². The zero-order valence-corrected chi connectivity index (χ0v) is 70.8. The predicted molar refractivity (Wildman–Crippen MR) is 367 cm³/mol. The first kappa shape index (κ1) is 59.7. The Labute approximate surface area is 429 Å². The Hall–Kier alpha value is 2.78. The summed E-state index contributed by atoms with van der Waals surface area (Å²) in [6.45, 7) is 104. The van der Waals surface area contributed by atoms with E-state index in [0.29, 0.717) is 0 Å². The third-order valence-electron chi connectivity index (χ3n) is 27.7. The summed E-state index contributed by atoms with van der Waals surface area (Å²) in [4.78, 5) is 0. The first-order valence-corrected chi connectivity index (χ1v) is 106. The molecule has 0 radical (unpaired) electrons. The van der Waals surface area contributed by atoms with Crippen LogP contribution in [0.2, 0.25) is 223 Å². The highest BCUT2D eigenvalue weighted by atomic mass is 30.6. The summed E-state index contributed by atoms with van der Waals surface area (Å²) in [6, 6.07) is 24.6. The minimum Gasteiger partial charge on any atom is -0.0739 e. The number of rotatable bonds is 6. The van der Waals surface area contributed by atoms with E-state index in [-0.39, 0.29) is 0 Å². The van der Waals surface area contributed by atoms with Crippen LogP contribution in [0, 0.1) is 0 Å². The maximum absolute atomic E-state index is 3.11. The van der Waals surface area contributed by atoms with Crippen LogP contribution >= 0.6 is 0 Å². The molecule has 0 aliphatic carbocycles. The Kier molecular flexibility index (Phi) is 14.2. The van der Waals surface area contributed by atoms with Gasteiger partial charge in [0.15, 0.2) is 0 Å². The van der Waals surface area contributed by atoms with E-state index in [2.05, 4.69) is 283 Å². The molecule has 6 aliphatic rings. The Morgan fingerprint density at radius 3 is 0.485 bits per heavy atom. The van der Waals surface area contributed by atoms with E-state index in [1.807, 2.05) is 10.4 Å². The zero-order valence-electron chi connectivity index (χ0n) is 50.8. The molecular formula is C46H112Si20. The highest BCUT2D eigenvalue weighted by Gasteiger charge is 2.98. The second kappa shape index (κ2) is 15.7. The maximum atomic E-state index is 3.11. The summed E-state index contributed by atoms with van der Waals surface area (Å²) >= 11 is 0. The molecule has 0 spiro atoms. The molecule has 0 unspecified atom stereocenters. The molecule has 66 heavy (non-hydrogen) atoms. The number of hydrogen-bond acceptors (Lipinski definition) is 0. The molecule has 6 saturated heterocycles. The molecule has 6 heterocycles. The second-order valence-electron chi connectivity index (χ2n) is 33.0. The highest BCUT2D eigenvalue weighted by molar-refractivity contribution is 8.48. The molecule has 0 nitrogen and oxygen atoms in total. The summed E-state index contributed by atoms with van der Waals surface area (Å²) in [5.41, 5.74) is 0. The molecule has 6 aliphatic heterocycles. The molecule has 0 amide bonds. The Bertz CT molecular complexity index is 1920. The molecule has 0 N–H and O–H groups in total. The average Bonchev–Trinajstić information content (AvgIpc) is 3.08. The van der Waals surface area contributed by atoms with E-state index in [9.17, 15) is 0 Å². The van der Waals surface area contributed by atoms with Crippen LogP contribution < -0.4 is 10.4 Å². The molecule has 2 aromatic carbocycles. The molecule has 0 aromatic heterocycles. The van der Waals surface area contributed by atoms with Gasteiger partial charge in [-0.3, -0.25) is 0 Å². The van der Waals surface area contributed by atoms with E-state index in [0.717, 1.165) is 0 Å². The molecule has 4 bridgehead atoms. The van der Waals surface area contributed by atoms with E-state index in [1.54, 1.807) is 0 Å². The van der Waals surface area contributed by atoms with Gasteiger partial charge in [0.05, 0.1) is 15.2 Å². The molecule has 376 valence electrons. The van der Waals surface area contributed by atoms with Crippen molar-refractivity contribution < 1.29 is 0 Å². The van der Waals surface area contributed by atoms with Gasteiger partial charge in [0.2, 0.25) is 0 Å². The third-order valence-corrected chi connectivity index (χ3v) is 710. The molecular weight excluding hydrogens is 1110 g/mol. The van der Waals surface area contributed by atoms with Gasteiger partial charge in [-0.25, -0.2) is 0 Å². The SMILES string of the molecule is C[Si](C)(C)[Si]12[Si](C)(C)[Si](C)(C)[Si]([Si](C)(C)c3ccccc3)([Si](C)(C)[Si]1(C)C)[Si](C)(C)[Si]2(C)C.C[Si](C)(C)[Si]12[Si](C)(C)[Si](C)(C)[Si]([Si](C)(C)c3ccccc3)([Si](C)(C)[Si]1(C)C)[Si](C)(C)[Si]2(C)C. The standard InChI is InChI=1S/2C23H56Si10/c2*1-24(2,3)32-26(6,7)29(12,13)33(30(14,15)27(32,8)9,31(16,17)28(32,10)11)25(4,5)23-21-19-18-20-22-23/h2*18-22H,1-17H3. The van der Waals surface area contributed by atoms with Crippen molar-refractivity contribution in [1.82, 2.24) is 0 Å². The van der Waals surface area contributed by atoms with Crippen molar-refractivity contribution in [2.45, 2.75) is 223 Å². The van der Waals surface area contributed by atoms with Crippen LogP contribution in [0.25, 0.3) is 0 Å². The number of benzene rings is 2. The quantitative estimate of drug-likeness (QED) is 0.253. The van der Waals surface area contributed by atoms with Crippen LogP contribution in [-0.4, -0.2) is 140 Å². The molecule has 0 atom stereocenters. The van der Waals surface area contributed by atoms with Crippen LogP contribution in [0.1, 0.15) is 0 Å². The van der Waals surface area contributed by atoms with Crippen molar-refractivity contribution in [3.63, 3.8) is 0 Å². The van der Waals surface area contributed by atoms with Crippen molar-refractivity contribution in [3.05, 3.63) is 60.7 Å². The van der Waals surface area contributed by atoms with E-state index >= 15 is 0 Å². The Morgan fingerprint density at radius 1 is 0.212 bits per heavy atom. The van der Waals surface area contributed by atoms with Crippen molar-refractivity contribution in [2.75, 3.05) is 0 Å². The molecule has 2 aromatic rings. The first-order valence-electron chi connectivity index (χ1n) is 26.8. The van der Waals surface area contributed by atoms with Gasteiger partial charge in [-0.1, -0.05) is 294 Å². The molecule has 6 fully saturated rings. The van der Waals surface area contributed by atoms with Gasteiger partial charge in [-0.05, 0) is 0 Å². The van der Waals surface area contributed by atoms with Gasteiger partial charge in [0.25, 0.3) is 0 Å². The van der Waals surface area contributed by atoms with Gasteiger partial charge < -0.3 is 0 Å². The minimum atomic E-state index is -1.59. The fourth-order valence-corrected chi connectivity index (χ4v) is 1540. The van der Waals surface area contributed by atoms with E-state index < -0.39 is 140 Å². The molecule has 20 heteroatoms. The summed E-state index contributed by atoms with van der Waals surface area (Å²) < 4.78 is 0. The van der Waals surface area contributed by atoms with Gasteiger partial charge in [-0.15, -0.1) is 0 Å². The Morgan fingerprint density at radius 2 is 0.348 bits per heavy atom. The number of fused-ring (bicyclic) bond motifs is 6. The van der Waals surface area contributed by atoms with Crippen molar-refractivity contribution in [1.29, 1.82) is 0 Å². The zero-order chi connectivity index (χ0) is 52.2. The van der Waals surface area contributed by atoms with Crippen LogP contribution in [0.15, 0.2) is 60.7 Å². The van der Waals surface area contributed by atoms with E-state index in [1.165, 1.54) is 0 Å². The van der Waals surface area contributed by atoms with Crippen LogP contribution in [-0.2, 0) is 0 Å². The monoisotopic (exact) mass is 1220 g/mol. The average molecular weight is 1230 g/mol. The number of hydrogen-bond donors (Lipinski definition) is 0. The third kappa shape index (κ3) is 5.52. The summed E-state index contributed by atoms with van der Waals surface area (Å²) in [5.74, 6) is 0. The van der Waals surface area contributed by atoms with Crippen LogP contribution in [0.5, 0.6) is 0 Å².